The molecule has 1 N–H and O–H groups in total. The molecule has 0 aromatic carbocycles. The van der Waals surface area contributed by atoms with E-state index in [4.69, 9.17) is 0 Å². The van der Waals surface area contributed by atoms with Crippen LogP contribution in [0.5, 0.6) is 0 Å². The van der Waals surface area contributed by atoms with Crippen molar-refractivity contribution in [2.24, 2.45) is 5.92 Å². The van der Waals surface area contributed by atoms with Gasteiger partial charge in [-0.25, -0.2) is 0 Å². The molecule has 1 aliphatic heterocycles. The fourth-order valence-corrected chi connectivity index (χ4v) is 2.35. The molecule has 1 aromatic heterocycles. The summed E-state index contributed by atoms with van der Waals surface area (Å²) in [7, 11) is 0. The number of likely N-dealkylation sites (tertiary alicyclic amines) is 1. The van der Waals surface area contributed by atoms with Crippen molar-refractivity contribution in [2.45, 2.75) is 26.3 Å². The molecule has 18 heavy (non-hydrogen) atoms. The second kappa shape index (κ2) is 6.54. The van der Waals surface area contributed by atoms with Crippen LogP contribution in [-0.2, 0) is 11.3 Å². The van der Waals surface area contributed by atoms with E-state index in [0.29, 0.717) is 12.5 Å². The van der Waals surface area contributed by atoms with E-state index in [2.05, 4.69) is 17.3 Å². The maximum absolute atomic E-state index is 11.9. The van der Waals surface area contributed by atoms with Crippen molar-refractivity contribution in [2.75, 3.05) is 26.2 Å². The molecule has 1 aliphatic rings. The zero-order valence-corrected chi connectivity index (χ0v) is 11.0. The Labute approximate surface area is 108 Å². The van der Waals surface area contributed by atoms with Crippen LogP contribution in [0.4, 0.5) is 0 Å². The van der Waals surface area contributed by atoms with Crippen LogP contribution in [0.3, 0.4) is 0 Å². The van der Waals surface area contributed by atoms with Crippen molar-refractivity contribution in [1.29, 1.82) is 0 Å². The van der Waals surface area contributed by atoms with Crippen LogP contribution in [0.2, 0.25) is 0 Å². The Morgan fingerprint density at radius 2 is 2.44 bits per heavy atom. The highest BCUT2D eigenvalue weighted by molar-refractivity contribution is 5.78. The lowest BCUT2D eigenvalue weighted by Crippen LogP contribution is -2.43. The fraction of sp³-hybridized carbons (Fsp3) is 0.692. The number of aromatic nitrogens is 2. The average Bonchev–Trinajstić information content (AvgIpc) is 2.87. The first kappa shape index (κ1) is 13.1. The number of carbonyl (C=O) groups excluding carboxylic acids is 1. The fourth-order valence-electron chi connectivity index (χ4n) is 2.35. The van der Waals surface area contributed by atoms with E-state index >= 15 is 0 Å². The molecule has 1 amide bonds. The second-order valence-corrected chi connectivity index (χ2v) is 5.03. The van der Waals surface area contributed by atoms with Gasteiger partial charge in [-0.05, 0) is 24.8 Å². The van der Waals surface area contributed by atoms with Gasteiger partial charge in [-0.15, -0.1) is 0 Å². The minimum absolute atomic E-state index is 0.224. The van der Waals surface area contributed by atoms with Gasteiger partial charge in [0.2, 0.25) is 5.91 Å². The highest BCUT2D eigenvalue weighted by Crippen LogP contribution is 2.14. The van der Waals surface area contributed by atoms with Gasteiger partial charge in [-0.3, -0.25) is 9.48 Å². The summed E-state index contributed by atoms with van der Waals surface area (Å²) in [6, 6.07) is 1.90. The van der Waals surface area contributed by atoms with Crippen molar-refractivity contribution in [1.82, 2.24) is 20.0 Å². The van der Waals surface area contributed by atoms with Gasteiger partial charge < -0.3 is 10.2 Å². The molecule has 1 unspecified atom stereocenters. The van der Waals surface area contributed by atoms with Crippen LogP contribution in [0.15, 0.2) is 18.5 Å². The number of rotatable bonds is 5. The summed E-state index contributed by atoms with van der Waals surface area (Å²) in [5.74, 6) is 0.869. The van der Waals surface area contributed by atoms with E-state index in [1.807, 2.05) is 21.8 Å². The molecule has 2 rings (SSSR count). The molecule has 0 aliphatic carbocycles. The number of carbonyl (C=O) groups is 1. The van der Waals surface area contributed by atoms with Crippen LogP contribution in [-0.4, -0.2) is 46.8 Å². The molecule has 2 heterocycles. The lowest BCUT2D eigenvalue weighted by molar-refractivity contribution is -0.131. The van der Waals surface area contributed by atoms with Crippen LogP contribution in [0, 0.1) is 5.92 Å². The summed E-state index contributed by atoms with van der Waals surface area (Å²) in [6.07, 6.45) is 6.08. The van der Waals surface area contributed by atoms with Gasteiger partial charge in [0.15, 0.2) is 0 Å². The molecular weight excluding hydrogens is 228 g/mol. The quantitative estimate of drug-likeness (QED) is 0.784. The maximum atomic E-state index is 11.9. The molecule has 0 saturated carbocycles. The predicted molar refractivity (Wildman–Crippen MR) is 70.1 cm³/mol. The van der Waals surface area contributed by atoms with E-state index in [0.717, 1.165) is 32.6 Å². The van der Waals surface area contributed by atoms with Gasteiger partial charge in [0, 0.05) is 32.0 Å². The summed E-state index contributed by atoms with van der Waals surface area (Å²) in [5, 5.41) is 7.30. The highest BCUT2D eigenvalue weighted by atomic mass is 16.2. The molecule has 100 valence electrons. The van der Waals surface area contributed by atoms with Gasteiger partial charge in [0.05, 0.1) is 13.1 Å². The van der Waals surface area contributed by atoms with Crippen molar-refractivity contribution in [3.63, 3.8) is 0 Å². The van der Waals surface area contributed by atoms with Crippen LogP contribution in [0.1, 0.15) is 19.8 Å². The maximum Gasteiger partial charge on any atom is 0.236 e. The summed E-state index contributed by atoms with van der Waals surface area (Å²) in [5.41, 5.74) is 0. The first-order chi connectivity index (χ1) is 8.75. The van der Waals surface area contributed by atoms with Gasteiger partial charge in [0.1, 0.15) is 0 Å². The van der Waals surface area contributed by atoms with Crippen molar-refractivity contribution in [3.05, 3.63) is 18.5 Å². The minimum Gasteiger partial charge on any atom is -0.341 e. The van der Waals surface area contributed by atoms with Gasteiger partial charge in [0.25, 0.3) is 0 Å². The Kier molecular flexibility index (Phi) is 4.75. The first-order valence-electron chi connectivity index (χ1n) is 6.71. The Hall–Kier alpha value is -1.36. The SMILES string of the molecule is CC1CCCN(C(=O)CNCCn2cccn2)C1. The molecule has 1 aromatic rings. The number of nitrogens with zero attached hydrogens (tertiary/aromatic N) is 3. The Bertz CT molecular complexity index is 363. The molecule has 5 heteroatoms. The molecule has 0 radical (unpaired) electrons. The number of nitrogens with one attached hydrogen (secondary N) is 1. The number of piperidine rings is 1. The van der Waals surface area contributed by atoms with E-state index in [1.165, 1.54) is 6.42 Å². The number of amides is 1. The Morgan fingerprint density at radius 1 is 1.56 bits per heavy atom. The first-order valence-corrected chi connectivity index (χ1v) is 6.71. The van der Waals surface area contributed by atoms with Crippen molar-refractivity contribution < 1.29 is 4.79 Å². The van der Waals surface area contributed by atoms with E-state index in [1.54, 1.807) is 6.20 Å². The lowest BCUT2D eigenvalue weighted by atomic mass is 10.0. The molecule has 0 spiro atoms. The zero-order chi connectivity index (χ0) is 12.8. The largest absolute Gasteiger partial charge is 0.341 e. The second-order valence-electron chi connectivity index (χ2n) is 5.03. The molecule has 5 nitrogen and oxygen atoms in total. The van der Waals surface area contributed by atoms with Crippen LogP contribution in [0.25, 0.3) is 0 Å². The third-order valence-corrected chi connectivity index (χ3v) is 3.36. The summed E-state index contributed by atoms with van der Waals surface area (Å²) < 4.78 is 1.86. The Balaban J connectivity index is 1.62. The minimum atomic E-state index is 0.224. The highest BCUT2D eigenvalue weighted by Gasteiger charge is 2.20. The van der Waals surface area contributed by atoms with Crippen molar-refractivity contribution >= 4 is 5.91 Å². The van der Waals surface area contributed by atoms with Gasteiger partial charge in [-0.2, -0.15) is 5.10 Å². The normalized spacial score (nSPS) is 20.1. The standard InChI is InChI=1S/C13H22N4O/c1-12-4-2-7-16(11-12)13(18)10-14-6-9-17-8-3-5-15-17/h3,5,8,12,14H,2,4,6-7,9-11H2,1H3. The van der Waals surface area contributed by atoms with E-state index < -0.39 is 0 Å². The monoisotopic (exact) mass is 250 g/mol. The molecular formula is C13H22N4O. The van der Waals surface area contributed by atoms with Gasteiger partial charge in [-0.1, -0.05) is 6.92 Å². The topological polar surface area (TPSA) is 50.2 Å². The molecule has 1 saturated heterocycles. The van der Waals surface area contributed by atoms with Crippen LogP contribution >= 0.6 is 0 Å². The zero-order valence-electron chi connectivity index (χ0n) is 11.0. The molecule has 1 fully saturated rings. The summed E-state index contributed by atoms with van der Waals surface area (Å²) >= 11 is 0. The third kappa shape index (κ3) is 3.84. The smallest absolute Gasteiger partial charge is 0.236 e. The predicted octanol–water partition coefficient (Wildman–Crippen LogP) is 0.731. The third-order valence-electron chi connectivity index (χ3n) is 3.36. The molecule has 1 atom stereocenters. The summed E-state index contributed by atoms with van der Waals surface area (Å²) in [6.45, 7) is 6.07. The van der Waals surface area contributed by atoms with Crippen molar-refractivity contribution in [3.8, 4) is 0 Å². The van der Waals surface area contributed by atoms with E-state index in [-0.39, 0.29) is 5.91 Å². The van der Waals surface area contributed by atoms with E-state index in [9.17, 15) is 4.79 Å². The Morgan fingerprint density at radius 3 is 3.17 bits per heavy atom. The van der Waals surface area contributed by atoms with Crippen LogP contribution < -0.4 is 5.32 Å². The number of hydrogen-bond acceptors (Lipinski definition) is 3. The van der Waals surface area contributed by atoms with Gasteiger partial charge >= 0.3 is 0 Å². The molecule has 0 bridgehead atoms. The number of hydrogen-bond donors (Lipinski definition) is 1. The lowest BCUT2D eigenvalue weighted by Gasteiger charge is -2.31. The average molecular weight is 250 g/mol. The summed E-state index contributed by atoms with van der Waals surface area (Å²) in [4.78, 5) is 13.9.